The lowest BCUT2D eigenvalue weighted by Gasteiger charge is -2.32. The number of nitrogens with zero attached hydrogens (tertiary/aromatic N) is 1. The summed E-state index contributed by atoms with van der Waals surface area (Å²) in [7, 11) is 0. The number of benzene rings is 2. The molecule has 7 nitrogen and oxygen atoms in total. The van der Waals surface area contributed by atoms with Gasteiger partial charge in [0.05, 0.1) is 17.3 Å². The number of aryl methyl sites for hydroxylation is 2. The Morgan fingerprint density at radius 3 is 2.50 bits per heavy atom. The van der Waals surface area contributed by atoms with Crippen molar-refractivity contribution in [3.05, 3.63) is 76.5 Å². The van der Waals surface area contributed by atoms with Gasteiger partial charge in [-0.3, -0.25) is 9.69 Å². The summed E-state index contributed by atoms with van der Waals surface area (Å²) in [4.78, 5) is 39.0. The number of carbonyl (C=O) groups excluding carboxylic acids is 3. The van der Waals surface area contributed by atoms with Gasteiger partial charge in [0.15, 0.2) is 0 Å². The van der Waals surface area contributed by atoms with Crippen molar-refractivity contribution >= 4 is 23.6 Å². The number of amides is 3. The van der Waals surface area contributed by atoms with Crippen LogP contribution in [0.15, 0.2) is 59.8 Å². The topological polar surface area (TPSA) is 87.7 Å². The van der Waals surface area contributed by atoms with Crippen molar-refractivity contribution in [3.63, 3.8) is 0 Å². The summed E-state index contributed by atoms with van der Waals surface area (Å²) in [5.74, 6) is -0.828. The smallest absolute Gasteiger partial charge is 0.338 e. The molecule has 4 rings (SSSR count). The van der Waals surface area contributed by atoms with Crippen molar-refractivity contribution in [2.45, 2.75) is 26.3 Å². The van der Waals surface area contributed by atoms with E-state index in [2.05, 4.69) is 17.6 Å². The molecule has 0 aliphatic carbocycles. The highest BCUT2D eigenvalue weighted by Gasteiger charge is 2.42. The number of rotatable bonds is 5. The van der Waals surface area contributed by atoms with Crippen LogP contribution >= 0.6 is 0 Å². The SMILES string of the molecule is CCc1ccc(NC(=O)CN2C(=O)NC(c3ccc(C)cc3)C3=C2COC3=O)cc1. The molecule has 2 aromatic rings. The number of hydrogen-bond donors (Lipinski definition) is 2. The Balaban J connectivity index is 1.55. The van der Waals surface area contributed by atoms with Gasteiger partial charge in [-0.05, 0) is 36.6 Å². The van der Waals surface area contributed by atoms with Crippen LogP contribution in [-0.4, -0.2) is 36.0 Å². The van der Waals surface area contributed by atoms with Crippen molar-refractivity contribution in [1.82, 2.24) is 10.2 Å². The summed E-state index contributed by atoms with van der Waals surface area (Å²) in [6, 6.07) is 14.1. The summed E-state index contributed by atoms with van der Waals surface area (Å²) in [6.45, 7) is 3.79. The molecule has 154 valence electrons. The highest BCUT2D eigenvalue weighted by Crippen LogP contribution is 2.35. The first kappa shape index (κ1) is 19.7. The van der Waals surface area contributed by atoms with E-state index in [4.69, 9.17) is 4.74 Å². The Kier molecular flexibility index (Phi) is 5.27. The minimum atomic E-state index is -0.594. The van der Waals surface area contributed by atoms with Crippen LogP contribution < -0.4 is 10.6 Å². The van der Waals surface area contributed by atoms with Crippen molar-refractivity contribution in [2.75, 3.05) is 18.5 Å². The predicted molar refractivity (Wildman–Crippen MR) is 112 cm³/mol. The van der Waals surface area contributed by atoms with Crippen LogP contribution in [-0.2, 0) is 20.7 Å². The van der Waals surface area contributed by atoms with E-state index >= 15 is 0 Å². The van der Waals surface area contributed by atoms with E-state index in [9.17, 15) is 14.4 Å². The quantitative estimate of drug-likeness (QED) is 0.749. The highest BCUT2D eigenvalue weighted by atomic mass is 16.5. The standard InChI is InChI=1S/C23H23N3O4/c1-3-15-6-10-17(11-7-15)24-19(27)12-26-18-13-30-22(28)20(18)21(25-23(26)29)16-8-4-14(2)5-9-16/h4-11,21H,3,12-13H2,1-2H3,(H,24,27)(H,25,29). The normalized spacial score (nSPS) is 18.1. The van der Waals surface area contributed by atoms with E-state index in [1.165, 1.54) is 10.5 Å². The monoisotopic (exact) mass is 405 g/mol. The van der Waals surface area contributed by atoms with Gasteiger partial charge in [0.2, 0.25) is 5.91 Å². The van der Waals surface area contributed by atoms with Gasteiger partial charge in [0, 0.05) is 5.69 Å². The molecule has 2 aliphatic rings. The average molecular weight is 405 g/mol. The fourth-order valence-electron chi connectivity index (χ4n) is 3.66. The molecule has 0 aromatic heterocycles. The molecule has 0 saturated heterocycles. The Hall–Kier alpha value is -3.61. The zero-order chi connectivity index (χ0) is 21.3. The summed E-state index contributed by atoms with van der Waals surface area (Å²) >= 11 is 0. The third-order valence-electron chi connectivity index (χ3n) is 5.36. The van der Waals surface area contributed by atoms with Crippen LogP contribution in [0.25, 0.3) is 0 Å². The molecule has 30 heavy (non-hydrogen) atoms. The minimum Gasteiger partial charge on any atom is -0.456 e. The number of cyclic esters (lactones) is 1. The fraction of sp³-hybridized carbons (Fsp3) is 0.261. The molecule has 0 saturated carbocycles. The molecule has 0 spiro atoms. The van der Waals surface area contributed by atoms with Crippen LogP contribution in [0.3, 0.4) is 0 Å². The third-order valence-corrected chi connectivity index (χ3v) is 5.36. The number of anilines is 1. The van der Waals surface area contributed by atoms with Gasteiger partial charge in [-0.25, -0.2) is 9.59 Å². The van der Waals surface area contributed by atoms with Crippen LogP contribution in [0, 0.1) is 6.92 Å². The van der Waals surface area contributed by atoms with E-state index in [0.717, 1.165) is 17.5 Å². The van der Waals surface area contributed by atoms with Crippen molar-refractivity contribution in [2.24, 2.45) is 0 Å². The average Bonchev–Trinajstić information content (AvgIpc) is 3.13. The zero-order valence-electron chi connectivity index (χ0n) is 16.9. The summed E-state index contributed by atoms with van der Waals surface area (Å²) in [5, 5.41) is 5.63. The zero-order valence-corrected chi connectivity index (χ0v) is 16.9. The molecule has 2 heterocycles. The summed E-state index contributed by atoms with van der Waals surface area (Å²) in [5.41, 5.74) is 4.50. The Labute approximate surface area is 174 Å². The van der Waals surface area contributed by atoms with E-state index in [1.807, 2.05) is 55.5 Å². The number of urea groups is 1. The van der Waals surface area contributed by atoms with Gasteiger partial charge in [0.1, 0.15) is 13.2 Å². The number of ether oxygens (including phenoxy) is 1. The molecule has 0 radical (unpaired) electrons. The molecule has 0 fully saturated rings. The second-order valence-electron chi connectivity index (χ2n) is 7.41. The lowest BCUT2D eigenvalue weighted by molar-refractivity contribution is -0.136. The van der Waals surface area contributed by atoms with E-state index in [0.29, 0.717) is 17.0 Å². The fourth-order valence-corrected chi connectivity index (χ4v) is 3.66. The maximum absolute atomic E-state index is 12.8. The Morgan fingerprint density at radius 1 is 1.13 bits per heavy atom. The molecule has 2 N–H and O–H groups in total. The first-order chi connectivity index (χ1) is 14.5. The molecular weight excluding hydrogens is 382 g/mol. The number of esters is 1. The first-order valence-electron chi connectivity index (χ1n) is 9.90. The maximum Gasteiger partial charge on any atom is 0.338 e. The molecule has 7 heteroatoms. The van der Waals surface area contributed by atoms with Gasteiger partial charge in [0.25, 0.3) is 0 Å². The van der Waals surface area contributed by atoms with Crippen molar-refractivity contribution in [1.29, 1.82) is 0 Å². The number of carbonyl (C=O) groups is 3. The van der Waals surface area contributed by atoms with Crippen LogP contribution in [0.4, 0.5) is 10.5 Å². The third kappa shape index (κ3) is 3.78. The first-order valence-corrected chi connectivity index (χ1v) is 9.90. The highest BCUT2D eigenvalue weighted by molar-refractivity contribution is 6.00. The van der Waals surface area contributed by atoms with E-state index in [1.54, 1.807) is 0 Å². The Morgan fingerprint density at radius 2 is 1.83 bits per heavy atom. The lowest BCUT2D eigenvalue weighted by atomic mass is 9.95. The second kappa shape index (κ2) is 8.02. The summed E-state index contributed by atoms with van der Waals surface area (Å²) < 4.78 is 5.20. The largest absolute Gasteiger partial charge is 0.456 e. The van der Waals surface area contributed by atoms with Crippen LogP contribution in [0.5, 0.6) is 0 Å². The minimum absolute atomic E-state index is 0.0254. The predicted octanol–water partition coefficient (Wildman–Crippen LogP) is 3.07. The molecule has 0 bridgehead atoms. The van der Waals surface area contributed by atoms with Gasteiger partial charge >= 0.3 is 12.0 Å². The molecule has 2 aromatic carbocycles. The van der Waals surface area contributed by atoms with Crippen molar-refractivity contribution in [3.8, 4) is 0 Å². The van der Waals surface area contributed by atoms with Gasteiger partial charge in [-0.1, -0.05) is 48.9 Å². The Bertz CT molecular complexity index is 1030. The van der Waals surface area contributed by atoms with E-state index < -0.39 is 18.0 Å². The van der Waals surface area contributed by atoms with E-state index in [-0.39, 0.29) is 19.1 Å². The molecule has 1 unspecified atom stereocenters. The van der Waals surface area contributed by atoms with Crippen LogP contribution in [0.1, 0.15) is 29.7 Å². The molecule has 2 aliphatic heterocycles. The molecule has 1 atom stereocenters. The number of nitrogens with one attached hydrogen (secondary N) is 2. The summed E-state index contributed by atoms with van der Waals surface area (Å²) in [6.07, 6.45) is 0.912. The maximum atomic E-state index is 12.8. The molecular formula is C23H23N3O4. The van der Waals surface area contributed by atoms with Crippen molar-refractivity contribution < 1.29 is 19.1 Å². The lowest BCUT2D eigenvalue weighted by Crippen LogP contribution is -2.49. The van der Waals surface area contributed by atoms with Gasteiger partial charge in [-0.2, -0.15) is 0 Å². The second-order valence-corrected chi connectivity index (χ2v) is 7.41. The van der Waals surface area contributed by atoms with Gasteiger partial charge in [-0.15, -0.1) is 0 Å². The number of hydrogen-bond acceptors (Lipinski definition) is 4. The van der Waals surface area contributed by atoms with Gasteiger partial charge < -0.3 is 15.4 Å². The van der Waals surface area contributed by atoms with Crippen LogP contribution in [0.2, 0.25) is 0 Å². The molecule has 3 amide bonds.